The molecule has 0 spiro atoms. The summed E-state index contributed by atoms with van der Waals surface area (Å²) in [6.45, 7) is 3.09. The van der Waals surface area contributed by atoms with Crippen LogP contribution in [0, 0.1) is 11.3 Å². The van der Waals surface area contributed by atoms with Gasteiger partial charge >= 0.3 is 0 Å². The Balaban J connectivity index is 2.16. The smallest absolute Gasteiger partial charge is 0.263 e. The van der Waals surface area contributed by atoms with E-state index in [1.807, 2.05) is 67.2 Å². The molecular formula is C20H28N4O3S. The van der Waals surface area contributed by atoms with E-state index in [2.05, 4.69) is 5.32 Å². The molecule has 2 unspecified atom stereocenters. The minimum Gasteiger partial charge on any atom is -0.371 e. The highest BCUT2D eigenvalue weighted by Crippen LogP contribution is 2.19. The van der Waals surface area contributed by atoms with Crippen LogP contribution in [-0.2, 0) is 14.6 Å². The van der Waals surface area contributed by atoms with Crippen LogP contribution >= 0.6 is 0 Å². The summed E-state index contributed by atoms with van der Waals surface area (Å²) >= 11 is 0. The number of benzene rings is 1. The van der Waals surface area contributed by atoms with E-state index >= 15 is 0 Å². The van der Waals surface area contributed by atoms with Gasteiger partial charge in [-0.15, -0.1) is 0 Å². The van der Waals surface area contributed by atoms with Crippen LogP contribution in [0.1, 0.15) is 24.9 Å². The standard InChI is InChI=1S/C20H28N4O3S/c1-16(17-7-5-4-6-8-17)22-20(25)18(13-21)14-24(11-10-23(2)3)19-9-12-28(26,27)15-19/h4-8,14,16,19H,9-12,15H2,1-3H3,(H,22,25)/b18-14-. The van der Waals surface area contributed by atoms with E-state index in [4.69, 9.17) is 0 Å². The van der Waals surface area contributed by atoms with E-state index in [0.717, 1.165) is 5.56 Å². The molecule has 0 saturated carbocycles. The Kier molecular flexibility index (Phi) is 7.61. The molecule has 8 heteroatoms. The van der Waals surface area contributed by atoms with Gasteiger partial charge in [-0.25, -0.2) is 8.42 Å². The van der Waals surface area contributed by atoms with Gasteiger partial charge < -0.3 is 15.1 Å². The lowest BCUT2D eigenvalue weighted by Crippen LogP contribution is -2.38. The Bertz CT molecular complexity index is 844. The van der Waals surface area contributed by atoms with Gasteiger partial charge in [0.15, 0.2) is 9.84 Å². The first kappa shape index (κ1) is 21.9. The third-order valence-corrected chi connectivity index (χ3v) is 6.54. The van der Waals surface area contributed by atoms with E-state index in [1.165, 1.54) is 6.20 Å². The van der Waals surface area contributed by atoms with Crippen LogP contribution in [0.3, 0.4) is 0 Å². The van der Waals surface area contributed by atoms with Crippen LogP contribution in [0.2, 0.25) is 0 Å². The first-order chi connectivity index (χ1) is 13.2. The molecule has 1 fully saturated rings. The van der Waals surface area contributed by atoms with Crippen molar-refractivity contribution < 1.29 is 13.2 Å². The van der Waals surface area contributed by atoms with Crippen LogP contribution in [0.5, 0.6) is 0 Å². The molecule has 1 aromatic carbocycles. The van der Waals surface area contributed by atoms with Gasteiger partial charge in [0.2, 0.25) is 0 Å². The summed E-state index contributed by atoms with van der Waals surface area (Å²) in [5, 5.41) is 12.4. The number of rotatable bonds is 8. The second kappa shape index (κ2) is 9.71. The molecule has 1 saturated heterocycles. The summed E-state index contributed by atoms with van der Waals surface area (Å²) in [6.07, 6.45) is 2.02. The SMILES string of the molecule is CC(NC(=O)/C(C#N)=C\N(CCN(C)C)C1CCS(=O)(=O)C1)c1ccccc1. The maximum absolute atomic E-state index is 12.6. The molecule has 2 atom stereocenters. The number of nitrogens with one attached hydrogen (secondary N) is 1. The van der Waals surface area contributed by atoms with E-state index in [-0.39, 0.29) is 29.2 Å². The first-order valence-electron chi connectivity index (χ1n) is 9.30. The maximum atomic E-state index is 12.6. The van der Waals surface area contributed by atoms with Crippen molar-refractivity contribution in [1.82, 2.24) is 15.1 Å². The zero-order valence-corrected chi connectivity index (χ0v) is 17.4. The molecule has 1 heterocycles. The lowest BCUT2D eigenvalue weighted by Gasteiger charge is -2.28. The van der Waals surface area contributed by atoms with Crippen LogP contribution < -0.4 is 5.32 Å². The number of carbonyl (C=O) groups excluding carboxylic acids is 1. The molecule has 1 amide bonds. The number of sulfone groups is 1. The molecule has 7 nitrogen and oxygen atoms in total. The number of amides is 1. The molecule has 152 valence electrons. The van der Waals surface area contributed by atoms with Gasteiger partial charge in [0.05, 0.1) is 17.5 Å². The highest BCUT2D eigenvalue weighted by Gasteiger charge is 2.31. The Morgan fingerprint density at radius 3 is 2.54 bits per heavy atom. The van der Waals surface area contributed by atoms with E-state index in [9.17, 15) is 18.5 Å². The van der Waals surface area contributed by atoms with E-state index in [1.54, 1.807) is 0 Å². The molecule has 0 bridgehead atoms. The van der Waals surface area contributed by atoms with Gasteiger partial charge in [-0.3, -0.25) is 4.79 Å². The molecule has 0 aliphatic carbocycles. The molecular weight excluding hydrogens is 376 g/mol. The average Bonchev–Trinajstić information content (AvgIpc) is 3.02. The van der Waals surface area contributed by atoms with Crippen LogP contribution in [0.4, 0.5) is 0 Å². The second-order valence-corrected chi connectivity index (χ2v) is 9.59. The average molecular weight is 405 g/mol. The Morgan fingerprint density at radius 2 is 2.00 bits per heavy atom. The zero-order valence-electron chi connectivity index (χ0n) is 16.6. The minimum absolute atomic E-state index is 0.0224. The molecule has 1 aliphatic rings. The van der Waals surface area contributed by atoms with Gasteiger partial charge in [-0.05, 0) is 33.0 Å². The van der Waals surface area contributed by atoms with E-state index in [0.29, 0.717) is 19.5 Å². The van der Waals surface area contributed by atoms with Crippen molar-refractivity contribution in [2.75, 3.05) is 38.7 Å². The lowest BCUT2D eigenvalue weighted by atomic mass is 10.1. The highest BCUT2D eigenvalue weighted by atomic mass is 32.2. The van der Waals surface area contributed by atoms with Crippen molar-refractivity contribution in [3.05, 3.63) is 47.7 Å². The number of carbonyl (C=O) groups is 1. The molecule has 1 N–H and O–H groups in total. The number of hydrogen-bond donors (Lipinski definition) is 1. The summed E-state index contributed by atoms with van der Waals surface area (Å²) in [4.78, 5) is 16.4. The topological polar surface area (TPSA) is 93.5 Å². The first-order valence-corrected chi connectivity index (χ1v) is 11.1. The molecule has 28 heavy (non-hydrogen) atoms. The summed E-state index contributed by atoms with van der Waals surface area (Å²) < 4.78 is 23.7. The molecule has 2 rings (SSSR count). The third-order valence-electron chi connectivity index (χ3n) is 4.79. The number of hydrogen-bond acceptors (Lipinski definition) is 6. The number of nitriles is 1. The minimum atomic E-state index is -3.06. The van der Waals surface area contributed by atoms with Gasteiger partial charge in [0.25, 0.3) is 5.91 Å². The fourth-order valence-corrected chi connectivity index (χ4v) is 4.85. The zero-order chi connectivity index (χ0) is 20.7. The van der Waals surface area contributed by atoms with Crippen molar-refractivity contribution in [3.8, 4) is 6.07 Å². The quantitative estimate of drug-likeness (QED) is 0.519. The van der Waals surface area contributed by atoms with Gasteiger partial charge in [-0.1, -0.05) is 30.3 Å². The highest BCUT2D eigenvalue weighted by molar-refractivity contribution is 7.91. The van der Waals surface area contributed by atoms with Crippen molar-refractivity contribution in [2.45, 2.75) is 25.4 Å². The monoisotopic (exact) mass is 404 g/mol. The van der Waals surface area contributed by atoms with Gasteiger partial charge in [0, 0.05) is 25.3 Å². The maximum Gasteiger partial charge on any atom is 0.263 e. The summed E-state index contributed by atoms with van der Waals surface area (Å²) in [7, 11) is 0.782. The fourth-order valence-electron chi connectivity index (χ4n) is 3.11. The summed E-state index contributed by atoms with van der Waals surface area (Å²) in [5.74, 6) is -0.268. The van der Waals surface area contributed by atoms with Crippen molar-refractivity contribution in [1.29, 1.82) is 5.26 Å². The number of nitrogens with zero attached hydrogens (tertiary/aromatic N) is 3. The Morgan fingerprint density at radius 1 is 1.32 bits per heavy atom. The molecule has 0 aromatic heterocycles. The Hall–Kier alpha value is -2.37. The summed E-state index contributed by atoms with van der Waals surface area (Å²) in [5.41, 5.74) is 0.922. The fraction of sp³-hybridized carbons (Fsp3) is 0.500. The Labute approximate surface area is 167 Å². The van der Waals surface area contributed by atoms with Crippen molar-refractivity contribution >= 4 is 15.7 Å². The van der Waals surface area contributed by atoms with Crippen molar-refractivity contribution in [3.63, 3.8) is 0 Å². The molecule has 0 radical (unpaired) electrons. The predicted octanol–water partition coefficient (Wildman–Crippen LogP) is 1.32. The largest absolute Gasteiger partial charge is 0.371 e. The van der Waals surface area contributed by atoms with Crippen LogP contribution in [-0.4, -0.2) is 68.9 Å². The number of likely N-dealkylation sites (N-methyl/N-ethyl adjacent to an activating group) is 1. The second-order valence-electron chi connectivity index (χ2n) is 7.36. The van der Waals surface area contributed by atoms with E-state index < -0.39 is 15.7 Å². The lowest BCUT2D eigenvalue weighted by molar-refractivity contribution is -0.117. The van der Waals surface area contributed by atoms with Gasteiger partial charge in [-0.2, -0.15) is 5.26 Å². The van der Waals surface area contributed by atoms with Gasteiger partial charge in [0.1, 0.15) is 11.6 Å². The predicted molar refractivity (Wildman–Crippen MR) is 109 cm³/mol. The molecule has 1 aromatic rings. The molecule has 1 aliphatic heterocycles. The van der Waals surface area contributed by atoms with Crippen molar-refractivity contribution in [2.24, 2.45) is 0 Å². The van der Waals surface area contributed by atoms with Crippen LogP contribution in [0.25, 0.3) is 0 Å². The third kappa shape index (κ3) is 6.36. The normalized spacial score (nSPS) is 19.8. The summed E-state index contributed by atoms with van der Waals surface area (Å²) in [6, 6.07) is 11.0. The van der Waals surface area contributed by atoms with Crippen LogP contribution in [0.15, 0.2) is 42.1 Å².